The number of rotatable bonds is 3. The number of hydrogen-bond donors (Lipinski definition) is 1. The standard InChI is InChI=1S/C12H18ClNO/c1-8-6-11(15-5)9(7-10(8)13)12(2,3)14-4/h6-7,14H,1-5H3. The summed E-state index contributed by atoms with van der Waals surface area (Å²) < 4.78 is 5.37. The van der Waals surface area contributed by atoms with Gasteiger partial charge < -0.3 is 10.1 Å². The van der Waals surface area contributed by atoms with Crippen molar-refractivity contribution in [3.8, 4) is 5.75 Å². The second kappa shape index (κ2) is 4.42. The van der Waals surface area contributed by atoms with Gasteiger partial charge in [0.1, 0.15) is 5.75 Å². The molecular formula is C12H18ClNO. The van der Waals surface area contributed by atoms with Gasteiger partial charge in [0.15, 0.2) is 0 Å². The molecule has 0 aromatic heterocycles. The summed E-state index contributed by atoms with van der Waals surface area (Å²) in [5.41, 5.74) is 1.95. The van der Waals surface area contributed by atoms with Gasteiger partial charge in [0.05, 0.1) is 7.11 Å². The number of halogens is 1. The molecule has 0 saturated carbocycles. The molecular weight excluding hydrogens is 210 g/mol. The molecule has 0 radical (unpaired) electrons. The third kappa shape index (κ3) is 2.44. The smallest absolute Gasteiger partial charge is 0.124 e. The Kier molecular flexibility index (Phi) is 3.63. The number of methoxy groups -OCH3 is 1. The number of ether oxygens (including phenoxy) is 1. The molecule has 15 heavy (non-hydrogen) atoms. The van der Waals surface area contributed by atoms with Crippen LogP contribution in [0.15, 0.2) is 12.1 Å². The average molecular weight is 228 g/mol. The summed E-state index contributed by atoms with van der Waals surface area (Å²) in [6.45, 7) is 6.16. The predicted molar refractivity (Wildman–Crippen MR) is 64.8 cm³/mol. The van der Waals surface area contributed by atoms with Crippen LogP contribution in [-0.2, 0) is 5.54 Å². The molecule has 1 rings (SSSR count). The molecule has 0 spiro atoms. The average Bonchev–Trinajstić information content (AvgIpc) is 2.21. The number of benzene rings is 1. The van der Waals surface area contributed by atoms with E-state index in [9.17, 15) is 0 Å². The zero-order valence-electron chi connectivity index (χ0n) is 9.94. The van der Waals surface area contributed by atoms with Crippen LogP contribution >= 0.6 is 11.6 Å². The Morgan fingerprint density at radius 2 is 1.93 bits per heavy atom. The first-order chi connectivity index (χ1) is 6.92. The summed E-state index contributed by atoms with van der Waals surface area (Å²) >= 11 is 6.12. The monoisotopic (exact) mass is 227 g/mol. The first-order valence-electron chi connectivity index (χ1n) is 4.96. The van der Waals surface area contributed by atoms with Crippen LogP contribution in [0.25, 0.3) is 0 Å². The molecule has 1 N–H and O–H groups in total. The van der Waals surface area contributed by atoms with Crippen LogP contribution in [0.2, 0.25) is 5.02 Å². The normalized spacial score (nSPS) is 11.6. The van der Waals surface area contributed by atoms with Crippen LogP contribution in [0.1, 0.15) is 25.0 Å². The molecule has 0 saturated heterocycles. The largest absolute Gasteiger partial charge is 0.496 e. The van der Waals surface area contributed by atoms with Crippen LogP contribution < -0.4 is 10.1 Å². The van der Waals surface area contributed by atoms with E-state index in [1.807, 2.05) is 26.1 Å². The molecule has 84 valence electrons. The predicted octanol–water partition coefficient (Wildman–Crippen LogP) is 3.11. The maximum Gasteiger partial charge on any atom is 0.124 e. The summed E-state index contributed by atoms with van der Waals surface area (Å²) in [6, 6.07) is 3.93. The number of aryl methyl sites for hydroxylation is 1. The van der Waals surface area contributed by atoms with E-state index >= 15 is 0 Å². The molecule has 0 atom stereocenters. The molecule has 3 heteroatoms. The maximum absolute atomic E-state index is 6.12. The number of nitrogens with one attached hydrogen (secondary N) is 1. The first-order valence-corrected chi connectivity index (χ1v) is 5.33. The third-order valence-corrected chi connectivity index (χ3v) is 3.19. The van der Waals surface area contributed by atoms with Gasteiger partial charge in [-0.3, -0.25) is 0 Å². The molecule has 0 unspecified atom stereocenters. The van der Waals surface area contributed by atoms with E-state index in [0.29, 0.717) is 0 Å². The van der Waals surface area contributed by atoms with Crippen LogP contribution in [0, 0.1) is 6.92 Å². The van der Waals surface area contributed by atoms with Crippen molar-refractivity contribution in [3.05, 3.63) is 28.3 Å². The Bertz CT molecular complexity index is 361. The minimum atomic E-state index is -0.150. The molecule has 1 aromatic rings. The molecule has 0 heterocycles. The van der Waals surface area contributed by atoms with Gasteiger partial charge in [-0.15, -0.1) is 0 Å². The summed E-state index contributed by atoms with van der Waals surface area (Å²) in [5, 5.41) is 4.01. The fourth-order valence-corrected chi connectivity index (χ4v) is 1.61. The minimum absolute atomic E-state index is 0.150. The van der Waals surface area contributed by atoms with Crippen molar-refractivity contribution in [2.24, 2.45) is 0 Å². The zero-order chi connectivity index (χ0) is 11.6. The fraction of sp³-hybridized carbons (Fsp3) is 0.500. The topological polar surface area (TPSA) is 21.3 Å². The van der Waals surface area contributed by atoms with Crippen molar-refractivity contribution in [2.45, 2.75) is 26.3 Å². The Morgan fingerprint density at radius 1 is 1.33 bits per heavy atom. The Labute approximate surface area is 96.6 Å². The van der Waals surface area contributed by atoms with E-state index < -0.39 is 0 Å². The lowest BCUT2D eigenvalue weighted by Crippen LogP contribution is -2.33. The Balaban J connectivity index is 3.34. The van der Waals surface area contributed by atoms with Crippen molar-refractivity contribution in [3.63, 3.8) is 0 Å². The minimum Gasteiger partial charge on any atom is -0.496 e. The van der Waals surface area contributed by atoms with Gasteiger partial charge in [0, 0.05) is 16.1 Å². The second-order valence-electron chi connectivity index (χ2n) is 4.18. The lowest BCUT2D eigenvalue weighted by atomic mass is 9.92. The van der Waals surface area contributed by atoms with E-state index in [4.69, 9.17) is 16.3 Å². The van der Waals surface area contributed by atoms with Gasteiger partial charge in [-0.2, -0.15) is 0 Å². The number of hydrogen-bond acceptors (Lipinski definition) is 2. The summed E-state index contributed by atoms with van der Waals surface area (Å²) in [5.74, 6) is 0.872. The summed E-state index contributed by atoms with van der Waals surface area (Å²) in [6.07, 6.45) is 0. The first kappa shape index (κ1) is 12.3. The highest BCUT2D eigenvalue weighted by atomic mass is 35.5. The van der Waals surface area contributed by atoms with E-state index in [-0.39, 0.29) is 5.54 Å². The van der Waals surface area contributed by atoms with Gasteiger partial charge in [0.2, 0.25) is 0 Å². The summed E-state index contributed by atoms with van der Waals surface area (Å²) in [4.78, 5) is 0. The van der Waals surface area contributed by atoms with Gasteiger partial charge in [-0.25, -0.2) is 0 Å². The molecule has 0 aliphatic carbocycles. The van der Waals surface area contributed by atoms with E-state index in [2.05, 4.69) is 19.2 Å². The fourth-order valence-electron chi connectivity index (χ4n) is 1.45. The quantitative estimate of drug-likeness (QED) is 0.857. The molecule has 2 nitrogen and oxygen atoms in total. The zero-order valence-corrected chi connectivity index (χ0v) is 10.7. The second-order valence-corrected chi connectivity index (χ2v) is 4.58. The van der Waals surface area contributed by atoms with Gasteiger partial charge >= 0.3 is 0 Å². The van der Waals surface area contributed by atoms with Crippen molar-refractivity contribution >= 4 is 11.6 Å². The van der Waals surface area contributed by atoms with Gasteiger partial charge in [-0.05, 0) is 45.5 Å². The SMILES string of the molecule is CNC(C)(C)c1cc(Cl)c(C)cc1OC. The highest BCUT2D eigenvalue weighted by Crippen LogP contribution is 2.33. The molecule has 0 aliphatic rings. The van der Waals surface area contributed by atoms with E-state index in [1.165, 1.54) is 0 Å². The Hall–Kier alpha value is -0.730. The third-order valence-electron chi connectivity index (χ3n) is 2.78. The van der Waals surface area contributed by atoms with Crippen molar-refractivity contribution in [1.82, 2.24) is 5.32 Å². The van der Waals surface area contributed by atoms with Crippen LogP contribution in [-0.4, -0.2) is 14.2 Å². The highest BCUT2D eigenvalue weighted by molar-refractivity contribution is 6.31. The van der Waals surface area contributed by atoms with Crippen LogP contribution in [0.4, 0.5) is 0 Å². The molecule has 0 fully saturated rings. The highest BCUT2D eigenvalue weighted by Gasteiger charge is 2.23. The van der Waals surface area contributed by atoms with Crippen molar-refractivity contribution in [1.29, 1.82) is 0 Å². The van der Waals surface area contributed by atoms with E-state index in [0.717, 1.165) is 21.9 Å². The van der Waals surface area contributed by atoms with Gasteiger partial charge in [-0.1, -0.05) is 11.6 Å². The lowest BCUT2D eigenvalue weighted by Gasteiger charge is -2.27. The van der Waals surface area contributed by atoms with Crippen LogP contribution in [0.5, 0.6) is 5.75 Å². The van der Waals surface area contributed by atoms with Crippen LogP contribution in [0.3, 0.4) is 0 Å². The van der Waals surface area contributed by atoms with E-state index in [1.54, 1.807) is 7.11 Å². The lowest BCUT2D eigenvalue weighted by molar-refractivity contribution is 0.375. The maximum atomic E-state index is 6.12. The van der Waals surface area contributed by atoms with Crippen molar-refractivity contribution in [2.75, 3.05) is 14.2 Å². The molecule has 0 bridgehead atoms. The summed E-state index contributed by atoms with van der Waals surface area (Å²) in [7, 11) is 3.60. The Morgan fingerprint density at radius 3 is 2.40 bits per heavy atom. The molecule has 1 aromatic carbocycles. The molecule has 0 amide bonds. The molecule has 0 aliphatic heterocycles. The van der Waals surface area contributed by atoms with Crippen molar-refractivity contribution < 1.29 is 4.74 Å². The van der Waals surface area contributed by atoms with Gasteiger partial charge in [0.25, 0.3) is 0 Å².